The number of nitrogens with one attached hydrogen (secondary N) is 2. The second-order valence-corrected chi connectivity index (χ2v) is 7.20. The van der Waals surface area contributed by atoms with Gasteiger partial charge < -0.3 is 14.8 Å². The lowest BCUT2D eigenvalue weighted by atomic mass is 10.2. The van der Waals surface area contributed by atoms with E-state index in [9.17, 15) is 0 Å². The molecular weight excluding hydrogens is 450 g/mol. The maximum Gasteiger partial charge on any atom is 0.191 e. The highest BCUT2D eigenvalue weighted by molar-refractivity contribution is 9.10. The number of nitrogens with zero attached hydrogens (tertiary/aromatic N) is 1. The SMILES string of the molecule is S=C(N/N=C\c1ccccc1OCCOc1ccc(Br)cc1)Nc1ccccc1. The van der Waals surface area contributed by atoms with Crippen LogP contribution in [0.15, 0.2) is 88.4 Å². The molecule has 2 N–H and O–H groups in total. The van der Waals surface area contributed by atoms with E-state index in [-0.39, 0.29) is 0 Å². The fraction of sp³-hybridized carbons (Fsp3) is 0.0909. The third kappa shape index (κ3) is 7.21. The van der Waals surface area contributed by atoms with Crippen LogP contribution in [0.4, 0.5) is 5.69 Å². The molecule has 0 spiro atoms. The monoisotopic (exact) mass is 469 g/mol. The molecule has 5 nitrogen and oxygen atoms in total. The molecule has 0 fully saturated rings. The first-order valence-electron chi connectivity index (χ1n) is 8.96. The van der Waals surface area contributed by atoms with E-state index >= 15 is 0 Å². The van der Waals surface area contributed by atoms with Crippen molar-refractivity contribution in [3.8, 4) is 11.5 Å². The molecule has 3 aromatic rings. The number of rotatable bonds is 8. The number of ether oxygens (including phenoxy) is 2. The number of benzene rings is 3. The van der Waals surface area contributed by atoms with Crippen molar-refractivity contribution in [3.63, 3.8) is 0 Å². The standard InChI is InChI=1S/C22H20BrN3O2S/c23-18-10-12-20(13-11-18)27-14-15-28-21-9-5-4-6-17(21)16-24-26-22(29)25-19-7-2-1-3-8-19/h1-13,16H,14-15H2,(H2,25,26,29)/b24-16-. The summed E-state index contributed by atoms with van der Waals surface area (Å²) in [6.45, 7) is 0.860. The predicted molar refractivity (Wildman–Crippen MR) is 125 cm³/mol. The molecule has 0 unspecified atom stereocenters. The Labute approximate surface area is 183 Å². The van der Waals surface area contributed by atoms with Gasteiger partial charge in [0.2, 0.25) is 0 Å². The Hall–Kier alpha value is -2.90. The summed E-state index contributed by atoms with van der Waals surface area (Å²) in [6.07, 6.45) is 1.67. The van der Waals surface area contributed by atoms with E-state index in [0.29, 0.717) is 18.3 Å². The van der Waals surface area contributed by atoms with Crippen molar-refractivity contribution in [2.24, 2.45) is 5.10 Å². The number of hydrogen-bond acceptors (Lipinski definition) is 4. The van der Waals surface area contributed by atoms with Gasteiger partial charge in [0.05, 0.1) is 6.21 Å². The molecule has 0 radical (unpaired) electrons. The maximum atomic E-state index is 5.83. The van der Waals surface area contributed by atoms with E-state index in [1.807, 2.05) is 78.9 Å². The van der Waals surface area contributed by atoms with Crippen LogP contribution in [0.1, 0.15) is 5.56 Å². The third-order valence-corrected chi connectivity index (χ3v) is 4.47. The van der Waals surface area contributed by atoms with E-state index in [0.717, 1.165) is 27.2 Å². The molecule has 0 aliphatic heterocycles. The van der Waals surface area contributed by atoms with Crippen molar-refractivity contribution in [1.29, 1.82) is 0 Å². The summed E-state index contributed by atoms with van der Waals surface area (Å²) in [5.74, 6) is 1.52. The van der Waals surface area contributed by atoms with E-state index < -0.39 is 0 Å². The highest BCUT2D eigenvalue weighted by atomic mass is 79.9. The lowest BCUT2D eigenvalue weighted by Gasteiger charge is -2.10. The fourth-order valence-corrected chi connectivity index (χ4v) is 2.84. The van der Waals surface area contributed by atoms with Crippen molar-refractivity contribution >= 4 is 45.2 Å². The topological polar surface area (TPSA) is 54.9 Å². The van der Waals surface area contributed by atoms with Crippen LogP contribution in [0.25, 0.3) is 0 Å². The zero-order chi connectivity index (χ0) is 20.3. The molecule has 0 aromatic heterocycles. The molecule has 0 amide bonds. The number of hydrazone groups is 1. The van der Waals surface area contributed by atoms with Gasteiger partial charge in [-0.3, -0.25) is 5.43 Å². The highest BCUT2D eigenvalue weighted by Crippen LogP contribution is 2.17. The van der Waals surface area contributed by atoms with Crippen LogP contribution in [0, 0.1) is 0 Å². The smallest absolute Gasteiger partial charge is 0.191 e. The van der Waals surface area contributed by atoms with Crippen molar-refractivity contribution < 1.29 is 9.47 Å². The minimum absolute atomic E-state index is 0.411. The van der Waals surface area contributed by atoms with E-state index in [1.54, 1.807) is 6.21 Å². The second-order valence-electron chi connectivity index (χ2n) is 5.88. The van der Waals surface area contributed by atoms with Gasteiger partial charge in [0.25, 0.3) is 0 Å². The van der Waals surface area contributed by atoms with E-state index in [1.165, 1.54) is 0 Å². The normalized spacial score (nSPS) is 10.5. The summed E-state index contributed by atoms with van der Waals surface area (Å²) >= 11 is 8.64. The average Bonchev–Trinajstić information content (AvgIpc) is 2.74. The van der Waals surface area contributed by atoms with Gasteiger partial charge in [0.1, 0.15) is 24.7 Å². The van der Waals surface area contributed by atoms with Gasteiger partial charge in [0.15, 0.2) is 5.11 Å². The summed E-state index contributed by atoms with van der Waals surface area (Å²) in [5.41, 5.74) is 4.54. The third-order valence-electron chi connectivity index (χ3n) is 3.74. The molecule has 29 heavy (non-hydrogen) atoms. The number of hydrogen-bond donors (Lipinski definition) is 2. The first kappa shape index (κ1) is 20.8. The Balaban J connectivity index is 1.47. The Morgan fingerprint density at radius 1 is 0.897 bits per heavy atom. The van der Waals surface area contributed by atoms with Crippen molar-refractivity contribution in [3.05, 3.63) is 88.9 Å². The quantitative estimate of drug-likeness (QED) is 0.205. The number of para-hydroxylation sites is 2. The molecule has 148 valence electrons. The molecule has 0 saturated carbocycles. The molecule has 0 saturated heterocycles. The van der Waals surface area contributed by atoms with Crippen molar-refractivity contribution in [1.82, 2.24) is 5.43 Å². The lowest BCUT2D eigenvalue weighted by molar-refractivity contribution is 0.217. The average molecular weight is 470 g/mol. The Morgan fingerprint density at radius 2 is 1.59 bits per heavy atom. The molecule has 3 aromatic carbocycles. The second kappa shape index (κ2) is 11.2. The highest BCUT2D eigenvalue weighted by Gasteiger charge is 2.02. The van der Waals surface area contributed by atoms with Gasteiger partial charge in [-0.05, 0) is 60.7 Å². The molecule has 0 bridgehead atoms. The van der Waals surface area contributed by atoms with Crippen molar-refractivity contribution in [2.75, 3.05) is 18.5 Å². The summed E-state index contributed by atoms with van der Waals surface area (Å²) in [4.78, 5) is 0. The predicted octanol–water partition coefficient (Wildman–Crippen LogP) is 5.23. The summed E-state index contributed by atoms with van der Waals surface area (Å²) in [5, 5.41) is 7.66. The molecule has 0 aliphatic rings. The Kier molecular flexibility index (Phi) is 8.03. The van der Waals surface area contributed by atoms with Crippen LogP contribution in [0.5, 0.6) is 11.5 Å². The number of halogens is 1. The zero-order valence-electron chi connectivity index (χ0n) is 15.5. The Bertz CT molecular complexity index is 950. The molecule has 0 aliphatic carbocycles. The van der Waals surface area contributed by atoms with Gasteiger partial charge in [-0.1, -0.05) is 46.3 Å². The molecule has 7 heteroatoms. The minimum atomic E-state index is 0.411. The first-order valence-corrected chi connectivity index (χ1v) is 10.2. The van der Waals surface area contributed by atoms with Gasteiger partial charge in [-0.15, -0.1) is 0 Å². The summed E-state index contributed by atoms with van der Waals surface area (Å²) in [6, 6.07) is 25.0. The summed E-state index contributed by atoms with van der Waals surface area (Å²) in [7, 11) is 0. The van der Waals surface area contributed by atoms with Crippen molar-refractivity contribution in [2.45, 2.75) is 0 Å². The Morgan fingerprint density at radius 3 is 2.38 bits per heavy atom. The van der Waals surface area contributed by atoms with Gasteiger partial charge in [-0.2, -0.15) is 5.10 Å². The number of thiocarbonyl (C=S) groups is 1. The molecule has 3 rings (SSSR count). The van der Waals surface area contributed by atoms with Crippen LogP contribution in [0.2, 0.25) is 0 Å². The van der Waals surface area contributed by atoms with Crippen LogP contribution >= 0.6 is 28.1 Å². The maximum absolute atomic E-state index is 5.83. The van der Waals surface area contributed by atoms with Gasteiger partial charge >= 0.3 is 0 Å². The molecular formula is C22H20BrN3O2S. The number of anilines is 1. The largest absolute Gasteiger partial charge is 0.490 e. The van der Waals surface area contributed by atoms with E-state index in [2.05, 4.69) is 31.8 Å². The van der Waals surface area contributed by atoms with Crippen LogP contribution < -0.4 is 20.2 Å². The van der Waals surface area contributed by atoms with Gasteiger partial charge in [-0.25, -0.2) is 0 Å². The minimum Gasteiger partial charge on any atom is -0.490 e. The zero-order valence-corrected chi connectivity index (χ0v) is 17.9. The lowest BCUT2D eigenvalue weighted by Crippen LogP contribution is -2.23. The summed E-state index contributed by atoms with van der Waals surface area (Å²) < 4.78 is 12.5. The van der Waals surface area contributed by atoms with Gasteiger partial charge in [0, 0.05) is 15.7 Å². The van der Waals surface area contributed by atoms with E-state index in [4.69, 9.17) is 21.7 Å². The van der Waals surface area contributed by atoms with Crippen LogP contribution in [-0.2, 0) is 0 Å². The van der Waals surface area contributed by atoms with Crippen LogP contribution in [0.3, 0.4) is 0 Å². The first-order chi connectivity index (χ1) is 14.2. The fourth-order valence-electron chi connectivity index (χ4n) is 2.40. The van der Waals surface area contributed by atoms with Crippen LogP contribution in [-0.4, -0.2) is 24.5 Å². The molecule has 0 heterocycles. The molecule has 0 atom stereocenters.